The Morgan fingerprint density at radius 2 is 1.90 bits per heavy atom. The number of rotatable bonds is 5. The lowest BCUT2D eigenvalue weighted by molar-refractivity contribution is 0.813. The maximum absolute atomic E-state index is 6.01. The van der Waals surface area contributed by atoms with Crippen LogP contribution in [0.1, 0.15) is 19.4 Å². The summed E-state index contributed by atoms with van der Waals surface area (Å²) in [5.74, 6) is 1.02. The number of nitrogens with one attached hydrogen (secondary N) is 1. The number of aryl methyl sites for hydroxylation is 1. The minimum Gasteiger partial charge on any atom is -0.341 e. The van der Waals surface area contributed by atoms with Crippen molar-refractivity contribution in [2.24, 2.45) is 0 Å². The fourth-order valence-electron chi connectivity index (χ4n) is 1.89. The Hall–Kier alpha value is -1.40. The van der Waals surface area contributed by atoms with E-state index in [1.54, 1.807) is 0 Å². The van der Waals surface area contributed by atoms with Gasteiger partial charge in [0.15, 0.2) is 0 Å². The lowest BCUT2D eigenvalue weighted by Gasteiger charge is -2.19. The summed E-state index contributed by atoms with van der Waals surface area (Å²) in [7, 11) is 0. The summed E-state index contributed by atoms with van der Waals surface area (Å²) >= 11 is 9.46. The molecule has 0 bridgehead atoms. The third kappa shape index (κ3) is 4.04. The van der Waals surface area contributed by atoms with E-state index in [-0.39, 0.29) is 5.28 Å². The van der Waals surface area contributed by atoms with E-state index in [9.17, 15) is 0 Å². The van der Waals surface area contributed by atoms with Crippen LogP contribution in [0.15, 0.2) is 22.7 Å². The van der Waals surface area contributed by atoms with Crippen LogP contribution in [0.4, 0.5) is 17.6 Å². The van der Waals surface area contributed by atoms with Gasteiger partial charge in [-0.15, -0.1) is 0 Å². The van der Waals surface area contributed by atoms with Crippen molar-refractivity contribution in [3.63, 3.8) is 0 Å². The number of halogens is 2. The first kappa shape index (κ1) is 16.0. The molecule has 0 spiro atoms. The maximum atomic E-state index is 6.01. The zero-order chi connectivity index (χ0) is 15.4. The highest BCUT2D eigenvalue weighted by atomic mass is 79.9. The highest BCUT2D eigenvalue weighted by Gasteiger charge is 2.11. The van der Waals surface area contributed by atoms with Crippen LogP contribution in [0.3, 0.4) is 0 Å². The molecule has 0 amide bonds. The predicted molar refractivity (Wildman–Crippen MR) is 90.6 cm³/mol. The van der Waals surface area contributed by atoms with E-state index in [0.717, 1.165) is 28.8 Å². The summed E-state index contributed by atoms with van der Waals surface area (Å²) in [5.41, 5.74) is 2.02. The molecular weight excluding hydrogens is 354 g/mol. The molecule has 1 N–H and O–H groups in total. The van der Waals surface area contributed by atoms with Gasteiger partial charge in [-0.2, -0.15) is 15.0 Å². The molecule has 0 aliphatic heterocycles. The Bertz CT molecular complexity index is 631. The van der Waals surface area contributed by atoms with Crippen molar-refractivity contribution >= 4 is 45.1 Å². The van der Waals surface area contributed by atoms with Gasteiger partial charge in [-0.3, -0.25) is 0 Å². The molecule has 0 radical (unpaired) electrons. The summed E-state index contributed by atoms with van der Waals surface area (Å²) in [6.07, 6.45) is 0. The standard InChI is InChI=1S/C14H17BrClN5/c1-4-21(5-2)14-19-12(16)18-13(20-14)17-11-8-10(15)7-6-9(11)3/h6-8H,4-5H2,1-3H3,(H,17,18,19,20). The third-order valence-corrected chi connectivity index (χ3v) is 3.75. The molecule has 0 saturated heterocycles. The summed E-state index contributed by atoms with van der Waals surface area (Å²) in [6, 6.07) is 5.98. The Labute approximate surface area is 137 Å². The topological polar surface area (TPSA) is 53.9 Å². The second-order valence-corrected chi connectivity index (χ2v) is 5.74. The smallest absolute Gasteiger partial charge is 0.233 e. The fourth-order valence-corrected chi connectivity index (χ4v) is 2.41. The number of anilines is 3. The maximum Gasteiger partial charge on any atom is 0.233 e. The minimum absolute atomic E-state index is 0.182. The molecule has 0 atom stereocenters. The number of benzene rings is 1. The number of hydrogen-bond donors (Lipinski definition) is 1. The molecule has 7 heteroatoms. The molecule has 0 unspecified atom stereocenters. The summed E-state index contributed by atoms with van der Waals surface area (Å²) in [6.45, 7) is 7.74. The average molecular weight is 371 g/mol. The van der Waals surface area contributed by atoms with Crippen LogP contribution in [0.2, 0.25) is 5.28 Å². The molecule has 2 aromatic rings. The summed E-state index contributed by atoms with van der Waals surface area (Å²) in [4.78, 5) is 14.8. The molecule has 2 rings (SSSR count). The van der Waals surface area contributed by atoms with Gasteiger partial charge in [-0.05, 0) is 50.1 Å². The van der Waals surface area contributed by atoms with Crippen molar-refractivity contribution < 1.29 is 0 Å². The van der Waals surface area contributed by atoms with Gasteiger partial charge >= 0.3 is 0 Å². The van der Waals surface area contributed by atoms with Gasteiger partial charge < -0.3 is 10.2 Å². The molecule has 5 nitrogen and oxygen atoms in total. The minimum atomic E-state index is 0.182. The Morgan fingerprint density at radius 1 is 1.19 bits per heavy atom. The first-order chi connectivity index (χ1) is 10.0. The second kappa shape index (κ2) is 7.04. The summed E-state index contributed by atoms with van der Waals surface area (Å²) < 4.78 is 0.986. The molecule has 0 aliphatic rings. The monoisotopic (exact) mass is 369 g/mol. The van der Waals surface area contributed by atoms with Gasteiger partial charge in [0.1, 0.15) is 0 Å². The van der Waals surface area contributed by atoms with E-state index in [1.165, 1.54) is 0 Å². The Morgan fingerprint density at radius 3 is 2.57 bits per heavy atom. The predicted octanol–water partition coefficient (Wildman–Crippen LogP) is 4.19. The van der Waals surface area contributed by atoms with E-state index in [4.69, 9.17) is 11.6 Å². The highest BCUT2D eigenvalue weighted by molar-refractivity contribution is 9.10. The molecule has 0 fully saturated rings. The van der Waals surface area contributed by atoms with Crippen molar-refractivity contribution in [1.29, 1.82) is 0 Å². The molecule has 0 aliphatic carbocycles. The molecule has 1 aromatic heterocycles. The second-order valence-electron chi connectivity index (χ2n) is 4.48. The number of hydrogen-bond acceptors (Lipinski definition) is 5. The molecular formula is C14H17BrClN5. The average Bonchev–Trinajstić information content (AvgIpc) is 2.44. The van der Waals surface area contributed by atoms with Gasteiger partial charge in [0, 0.05) is 23.2 Å². The first-order valence-corrected chi connectivity index (χ1v) is 7.90. The van der Waals surface area contributed by atoms with Gasteiger partial charge in [-0.25, -0.2) is 0 Å². The highest BCUT2D eigenvalue weighted by Crippen LogP contribution is 2.24. The molecule has 1 heterocycles. The quantitative estimate of drug-likeness (QED) is 0.855. The zero-order valence-electron chi connectivity index (χ0n) is 12.2. The van der Waals surface area contributed by atoms with Crippen LogP contribution < -0.4 is 10.2 Å². The van der Waals surface area contributed by atoms with Crippen LogP contribution in [0.25, 0.3) is 0 Å². The number of aromatic nitrogens is 3. The van der Waals surface area contributed by atoms with E-state index < -0.39 is 0 Å². The normalized spacial score (nSPS) is 10.5. The first-order valence-electron chi connectivity index (χ1n) is 6.73. The van der Waals surface area contributed by atoms with Crippen molar-refractivity contribution in [1.82, 2.24) is 15.0 Å². The van der Waals surface area contributed by atoms with Gasteiger partial charge in [0.05, 0.1) is 0 Å². The van der Waals surface area contributed by atoms with Crippen molar-refractivity contribution in [2.75, 3.05) is 23.3 Å². The largest absolute Gasteiger partial charge is 0.341 e. The van der Waals surface area contributed by atoms with Gasteiger partial charge in [0.2, 0.25) is 17.2 Å². The number of nitrogens with zero attached hydrogens (tertiary/aromatic N) is 4. The van der Waals surface area contributed by atoms with E-state index >= 15 is 0 Å². The van der Waals surface area contributed by atoms with Crippen LogP contribution in [0.5, 0.6) is 0 Å². The van der Waals surface area contributed by atoms with Gasteiger partial charge in [0.25, 0.3) is 0 Å². The Kier molecular flexibility index (Phi) is 5.36. The molecule has 0 saturated carbocycles. The van der Waals surface area contributed by atoms with Gasteiger partial charge in [-0.1, -0.05) is 22.0 Å². The van der Waals surface area contributed by atoms with Crippen LogP contribution >= 0.6 is 27.5 Å². The van der Waals surface area contributed by atoms with Crippen molar-refractivity contribution in [2.45, 2.75) is 20.8 Å². The summed E-state index contributed by atoms with van der Waals surface area (Å²) in [5, 5.41) is 3.38. The van der Waals surface area contributed by atoms with Crippen LogP contribution in [-0.4, -0.2) is 28.0 Å². The third-order valence-electron chi connectivity index (χ3n) is 3.09. The lowest BCUT2D eigenvalue weighted by atomic mass is 10.2. The van der Waals surface area contributed by atoms with Crippen LogP contribution in [-0.2, 0) is 0 Å². The van der Waals surface area contributed by atoms with Crippen molar-refractivity contribution in [3.8, 4) is 0 Å². The molecule has 112 valence electrons. The molecule has 21 heavy (non-hydrogen) atoms. The lowest BCUT2D eigenvalue weighted by Crippen LogP contribution is -2.24. The van der Waals surface area contributed by atoms with E-state index in [0.29, 0.717) is 11.9 Å². The van der Waals surface area contributed by atoms with Crippen molar-refractivity contribution in [3.05, 3.63) is 33.5 Å². The van der Waals surface area contributed by atoms with E-state index in [1.807, 2.05) is 43.9 Å². The fraction of sp³-hybridized carbons (Fsp3) is 0.357. The zero-order valence-corrected chi connectivity index (χ0v) is 14.5. The molecule has 1 aromatic carbocycles. The van der Waals surface area contributed by atoms with E-state index in [2.05, 4.69) is 36.2 Å². The Balaban J connectivity index is 2.34. The SMILES string of the molecule is CCN(CC)c1nc(Cl)nc(Nc2cc(Br)ccc2C)n1. The van der Waals surface area contributed by atoms with Crippen LogP contribution in [0, 0.1) is 6.92 Å².